The van der Waals surface area contributed by atoms with Crippen LogP contribution in [0.25, 0.3) is 0 Å². The molecule has 172 valence electrons. The Bertz CT molecular complexity index is 782. The number of ether oxygens (including phenoxy) is 2. The third-order valence-corrected chi connectivity index (χ3v) is 9.84. The van der Waals surface area contributed by atoms with Crippen LogP contribution in [0.3, 0.4) is 0 Å². The lowest BCUT2D eigenvalue weighted by Crippen LogP contribution is -2.51. The van der Waals surface area contributed by atoms with E-state index in [1.165, 1.54) is 46.1 Å². The molecule has 0 heterocycles. The Kier molecular flexibility index (Phi) is 6.13. The number of carbonyl (C=O) groups excluding carboxylic acids is 2. The van der Waals surface area contributed by atoms with E-state index in [1.807, 2.05) is 0 Å². The first-order valence-electron chi connectivity index (χ1n) is 12.3. The van der Waals surface area contributed by atoms with Gasteiger partial charge in [0, 0.05) is 19.4 Å². The maximum absolute atomic E-state index is 11.6. The Morgan fingerprint density at radius 3 is 2.61 bits per heavy atom. The van der Waals surface area contributed by atoms with Gasteiger partial charge in [-0.05, 0) is 85.4 Å². The van der Waals surface area contributed by atoms with Crippen molar-refractivity contribution in [3.8, 4) is 0 Å². The first-order chi connectivity index (χ1) is 14.7. The lowest BCUT2D eigenvalue weighted by Gasteiger charge is -2.58. The fourth-order valence-electron chi connectivity index (χ4n) is 8.30. The minimum atomic E-state index is -0.252. The van der Waals surface area contributed by atoms with E-state index in [1.54, 1.807) is 11.6 Å². The molecular weight excluding hydrogens is 388 g/mol. The monoisotopic (exact) mass is 428 g/mol. The van der Waals surface area contributed by atoms with Crippen LogP contribution >= 0.6 is 0 Å². The topological polar surface area (TPSA) is 52.6 Å². The minimum absolute atomic E-state index is 0.0699. The summed E-state index contributed by atoms with van der Waals surface area (Å²) in [6.07, 6.45) is 15.7. The molecule has 0 bridgehead atoms. The molecule has 31 heavy (non-hydrogen) atoms. The van der Waals surface area contributed by atoms with E-state index in [0.717, 1.165) is 37.0 Å². The van der Waals surface area contributed by atoms with Gasteiger partial charge in [0.2, 0.25) is 0 Å². The van der Waals surface area contributed by atoms with Crippen molar-refractivity contribution in [2.45, 2.75) is 85.2 Å². The van der Waals surface area contributed by atoms with Crippen LogP contribution in [0.4, 0.5) is 0 Å². The Balaban J connectivity index is 1.52. The van der Waals surface area contributed by atoms with Gasteiger partial charge >= 0.3 is 11.9 Å². The Morgan fingerprint density at radius 2 is 1.90 bits per heavy atom. The number of carbonyl (C=O) groups is 2. The molecule has 0 amide bonds. The second kappa shape index (κ2) is 8.41. The van der Waals surface area contributed by atoms with Gasteiger partial charge in [-0.3, -0.25) is 4.79 Å². The lowest BCUT2D eigenvalue weighted by atomic mass is 9.47. The summed E-state index contributed by atoms with van der Waals surface area (Å²) in [6.45, 7) is 8.84. The third kappa shape index (κ3) is 3.89. The maximum Gasteiger partial charge on any atom is 0.330 e. The molecule has 3 saturated carbocycles. The first-order valence-corrected chi connectivity index (χ1v) is 12.3. The molecule has 0 spiro atoms. The molecular formula is C27H40O4. The molecule has 0 aromatic rings. The van der Waals surface area contributed by atoms with E-state index in [4.69, 9.17) is 9.47 Å². The summed E-state index contributed by atoms with van der Waals surface area (Å²) in [5, 5.41) is 0. The van der Waals surface area contributed by atoms with Crippen molar-refractivity contribution in [2.75, 3.05) is 7.11 Å². The zero-order valence-electron chi connectivity index (χ0n) is 20.0. The van der Waals surface area contributed by atoms with Gasteiger partial charge in [0.15, 0.2) is 0 Å². The molecule has 4 rings (SSSR count). The van der Waals surface area contributed by atoms with Gasteiger partial charge in [0.25, 0.3) is 0 Å². The fourth-order valence-corrected chi connectivity index (χ4v) is 8.30. The third-order valence-electron chi connectivity index (χ3n) is 9.84. The summed E-state index contributed by atoms with van der Waals surface area (Å²) in [6, 6.07) is 0. The molecule has 4 nitrogen and oxygen atoms in total. The second-order valence-corrected chi connectivity index (χ2v) is 11.2. The van der Waals surface area contributed by atoms with Crippen molar-refractivity contribution >= 4 is 11.9 Å². The second-order valence-electron chi connectivity index (χ2n) is 11.2. The molecule has 0 aliphatic heterocycles. The van der Waals surface area contributed by atoms with Gasteiger partial charge < -0.3 is 9.47 Å². The van der Waals surface area contributed by atoms with Crippen molar-refractivity contribution < 1.29 is 19.1 Å². The van der Waals surface area contributed by atoms with Crippen molar-refractivity contribution in [2.24, 2.45) is 40.4 Å². The molecule has 4 heteroatoms. The highest BCUT2D eigenvalue weighted by molar-refractivity contribution is 5.81. The summed E-state index contributed by atoms with van der Waals surface area (Å²) in [5.41, 5.74) is 2.19. The van der Waals surface area contributed by atoms with Crippen LogP contribution in [0, 0.1) is 40.4 Å². The molecule has 0 saturated heterocycles. The highest BCUT2D eigenvalue weighted by atomic mass is 16.5. The van der Waals surface area contributed by atoms with Crippen LogP contribution in [0.2, 0.25) is 0 Å². The van der Waals surface area contributed by atoms with E-state index >= 15 is 0 Å². The number of allylic oxidation sites excluding steroid dienone is 2. The van der Waals surface area contributed by atoms with Crippen molar-refractivity contribution in [1.82, 2.24) is 0 Å². The number of esters is 2. The Morgan fingerprint density at radius 1 is 1.13 bits per heavy atom. The zero-order chi connectivity index (χ0) is 22.4. The van der Waals surface area contributed by atoms with Gasteiger partial charge in [-0.2, -0.15) is 0 Å². The summed E-state index contributed by atoms with van der Waals surface area (Å²) >= 11 is 0. The van der Waals surface area contributed by atoms with Crippen LogP contribution in [-0.4, -0.2) is 25.2 Å². The van der Waals surface area contributed by atoms with Crippen molar-refractivity contribution in [1.29, 1.82) is 0 Å². The minimum Gasteiger partial charge on any atom is -0.466 e. The summed E-state index contributed by atoms with van der Waals surface area (Å²) in [4.78, 5) is 23.0. The molecule has 0 unspecified atom stereocenters. The number of hydrogen-bond donors (Lipinski definition) is 0. The Hall–Kier alpha value is -1.58. The highest BCUT2D eigenvalue weighted by Crippen LogP contribution is 2.67. The average Bonchev–Trinajstić information content (AvgIpc) is 3.09. The number of methoxy groups -OCH3 is 1. The average molecular weight is 429 g/mol. The number of hydrogen-bond acceptors (Lipinski definition) is 4. The predicted octanol–water partition coefficient (Wildman–Crippen LogP) is 5.86. The molecule has 0 aromatic heterocycles. The Labute approximate surface area is 187 Å². The lowest BCUT2D eigenvalue weighted by molar-refractivity contribution is -0.148. The molecule has 3 fully saturated rings. The molecule has 0 N–H and O–H groups in total. The standard InChI is InChI=1S/C27H40O4/c1-17(6-11-25(29)30-5)22-9-10-23-21-8-7-19-16-20(31-18(2)28)12-14-26(19,3)24(21)13-15-27(22,23)4/h6-7,11,17,20-24H,8-10,12-16H2,1-5H3/b11-6+/t17-,20-,21+,22-,23+,24-,26-,27+/m0/s1. The summed E-state index contributed by atoms with van der Waals surface area (Å²) < 4.78 is 10.4. The quantitative estimate of drug-likeness (QED) is 0.320. The van der Waals surface area contributed by atoms with Crippen LogP contribution in [0.5, 0.6) is 0 Å². The summed E-state index contributed by atoms with van der Waals surface area (Å²) in [7, 11) is 1.44. The molecule has 8 atom stereocenters. The van der Waals surface area contributed by atoms with Crippen LogP contribution < -0.4 is 0 Å². The van der Waals surface area contributed by atoms with Gasteiger partial charge in [0.05, 0.1) is 7.11 Å². The van der Waals surface area contributed by atoms with Gasteiger partial charge in [-0.15, -0.1) is 0 Å². The van der Waals surface area contributed by atoms with E-state index < -0.39 is 0 Å². The zero-order valence-corrected chi connectivity index (χ0v) is 20.0. The normalized spacial score (nSPS) is 42.7. The predicted molar refractivity (Wildman–Crippen MR) is 121 cm³/mol. The van der Waals surface area contributed by atoms with E-state index in [2.05, 4.69) is 32.9 Å². The molecule has 4 aliphatic carbocycles. The van der Waals surface area contributed by atoms with Crippen molar-refractivity contribution in [3.63, 3.8) is 0 Å². The molecule has 0 aromatic carbocycles. The van der Waals surface area contributed by atoms with Gasteiger partial charge in [-0.25, -0.2) is 4.79 Å². The van der Waals surface area contributed by atoms with Crippen LogP contribution in [0.1, 0.15) is 79.1 Å². The molecule has 0 radical (unpaired) electrons. The number of rotatable bonds is 4. The van der Waals surface area contributed by atoms with Crippen molar-refractivity contribution in [3.05, 3.63) is 23.8 Å². The maximum atomic E-state index is 11.6. The SMILES string of the molecule is COC(=O)/C=C/[C@H](C)[C@@H]1CC[C@@H]2[C@H]3CC=C4C[C@@H](OC(C)=O)CC[C@]4(C)[C@H]3CC[C@@]21C. The van der Waals surface area contributed by atoms with E-state index in [0.29, 0.717) is 17.3 Å². The summed E-state index contributed by atoms with van der Waals surface area (Å²) in [5.74, 6) is 2.92. The first kappa shape index (κ1) is 22.6. The van der Waals surface area contributed by atoms with Gasteiger partial charge in [-0.1, -0.05) is 38.5 Å². The largest absolute Gasteiger partial charge is 0.466 e. The molecule has 4 aliphatic rings. The van der Waals surface area contributed by atoms with E-state index in [-0.39, 0.29) is 23.5 Å². The van der Waals surface area contributed by atoms with Crippen LogP contribution in [0.15, 0.2) is 23.8 Å². The number of fused-ring (bicyclic) bond motifs is 5. The van der Waals surface area contributed by atoms with E-state index in [9.17, 15) is 9.59 Å². The van der Waals surface area contributed by atoms with Gasteiger partial charge in [0.1, 0.15) is 6.10 Å². The van der Waals surface area contributed by atoms with Crippen LogP contribution in [-0.2, 0) is 19.1 Å². The smallest absolute Gasteiger partial charge is 0.330 e. The highest BCUT2D eigenvalue weighted by Gasteiger charge is 2.59. The fraction of sp³-hybridized carbons (Fsp3) is 0.778.